The predicted octanol–water partition coefficient (Wildman–Crippen LogP) is 1.34. The van der Waals surface area contributed by atoms with Gasteiger partial charge >= 0.3 is 0 Å². The summed E-state index contributed by atoms with van der Waals surface area (Å²) in [7, 11) is 3.74. The first-order valence-corrected chi connectivity index (χ1v) is 8.43. The van der Waals surface area contributed by atoms with Crippen LogP contribution in [0.1, 0.15) is 6.42 Å². The summed E-state index contributed by atoms with van der Waals surface area (Å²) in [6, 6.07) is 7.20. The van der Waals surface area contributed by atoms with E-state index >= 15 is 0 Å². The smallest absolute Gasteiger partial charge is 0.236 e. The average Bonchev–Trinajstić information content (AvgIpc) is 2.56. The predicted molar refractivity (Wildman–Crippen MR) is 93.3 cm³/mol. The van der Waals surface area contributed by atoms with Crippen molar-refractivity contribution in [2.75, 3.05) is 53.4 Å². The molecule has 0 atom stereocenters. The Hall–Kier alpha value is -1.79. The summed E-state index contributed by atoms with van der Waals surface area (Å²) in [5, 5.41) is 0.540. The molecule has 0 bridgehead atoms. The molecule has 0 aliphatic carbocycles. The molecule has 2 rings (SSSR count). The van der Waals surface area contributed by atoms with Gasteiger partial charge < -0.3 is 19.4 Å². The van der Waals surface area contributed by atoms with Gasteiger partial charge in [0, 0.05) is 26.2 Å². The molecule has 1 heterocycles. The van der Waals surface area contributed by atoms with Crippen LogP contribution >= 0.6 is 11.6 Å². The Labute approximate surface area is 147 Å². The van der Waals surface area contributed by atoms with Crippen molar-refractivity contribution < 1.29 is 14.3 Å². The summed E-state index contributed by atoms with van der Waals surface area (Å²) in [5.41, 5.74) is 0. The second-order valence-electron chi connectivity index (χ2n) is 6.03. The Morgan fingerprint density at radius 3 is 2.25 bits per heavy atom. The Balaban J connectivity index is 1.71. The van der Waals surface area contributed by atoms with E-state index in [-0.39, 0.29) is 11.8 Å². The van der Waals surface area contributed by atoms with Gasteiger partial charge in [-0.1, -0.05) is 23.7 Å². The topological polar surface area (TPSA) is 53.1 Å². The van der Waals surface area contributed by atoms with Crippen LogP contribution in [0.15, 0.2) is 24.3 Å². The molecule has 1 aliphatic rings. The van der Waals surface area contributed by atoms with Crippen molar-refractivity contribution in [3.05, 3.63) is 29.3 Å². The van der Waals surface area contributed by atoms with Crippen molar-refractivity contribution in [1.82, 2.24) is 14.7 Å². The van der Waals surface area contributed by atoms with E-state index in [0.29, 0.717) is 56.5 Å². The minimum Gasteiger partial charge on any atom is -0.491 e. The number of hydrogen-bond donors (Lipinski definition) is 0. The number of halogens is 1. The Bertz CT molecular complexity index is 572. The largest absolute Gasteiger partial charge is 0.491 e. The minimum atomic E-state index is 0.0433. The third-order valence-electron chi connectivity index (χ3n) is 3.85. The molecule has 0 spiro atoms. The molecule has 0 unspecified atom stereocenters. The third-order valence-corrected chi connectivity index (χ3v) is 4.16. The van der Waals surface area contributed by atoms with E-state index in [2.05, 4.69) is 0 Å². The molecule has 132 valence electrons. The number of nitrogens with zero attached hydrogens (tertiary/aromatic N) is 3. The van der Waals surface area contributed by atoms with Crippen molar-refractivity contribution in [2.45, 2.75) is 6.42 Å². The maximum atomic E-state index is 12.2. The maximum Gasteiger partial charge on any atom is 0.236 e. The highest BCUT2D eigenvalue weighted by atomic mass is 35.5. The molecule has 1 fully saturated rings. The van der Waals surface area contributed by atoms with Crippen molar-refractivity contribution in [2.24, 2.45) is 0 Å². The highest BCUT2D eigenvalue weighted by Crippen LogP contribution is 2.23. The summed E-state index contributed by atoms with van der Waals surface area (Å²) in [4.78, 5) is 29.7. The first kappa shape index (κ1) is 18.5. The molecule has 2 amide bonds. The number of para-hydroxylation sites is 1. The second-order valence-corrected chi connectivity index (χ2v) is 6.44. The number of amides is 2. The lowest BCUT2D eigenvalue weighted by molar-refractivity contribution is -0.140. The Kier molecular flexibility index (Phi) is 6.87. The van der Waals surface area contributed by atoms with Gasteiger partial charge in [-0.25, -0.2) is 0 Å². The van der Waals surface area contributed by atoms with Crippen molar-refractivity contribution >= 4 is 23.4 Å². The molecule has 0 saturated carbocycles. The van der Waals surface area contributed by atoms with Crippen LogP contribution in [-0.4, -0.2) is 79.9 Å². The SMILES string of the molecule is CN(C)CC(=O)N1CCN(C(=O)CCOc2ccccc2Cl)CC1. The monoisotopic (exact) mass is 353 g/mol. The summed E-state index contributed by atoms with van der Waals surface area (Å²) >= 11 is 6.01. The maximum absolute atomic E-state index is 12.2. The zero-order chi connectivity index (χ0) is 17.5. The number of carbonyl (C=O) groups is 2. The van der Waals surface area contributed by atoms with Crippen molar-refractivity contribution in [3.8, 4) is 5.75 Å². The lowest BCUT2D eigenvalue weighted by Crippen LogP contribution is -2.52. The molecule has 1 saturated heterocycles. The van der Waals surface area contributed by atoms with Crippen LogP contribution in [0.2, 0.25) is 5.02 Å². The van der Waals surface area contributed by atoms with Gasteiger partial charge in [-0.3, -0.25) is 9.59 Å². The van der Waals surface area contributed by atoms with Gasteiger partial charge in [-0.2, -0.15) is 0 Å². The van der Waals surface area contributed by atoms with Crippen LogP contribution in [0.25, 0.3) is 0 Å². The van der Waals surface area contributed by atoms with Gasteiger partial charge in [0.15, 0.2) is 0 Å². The van der Waals surface area contributed by atoms with Gasteiger partial charge in [-0.05, 0) is 26.2 Å². The highest BCUT2D eigenvalue weighted by molar-refractivity contribution is 6.32. The highest BCUT2D eigenvalue weighted by Gasteiger charge is 2.24. The average molecular weight is 354 g/mol. The number of carbonyl (C=O) groups excluding carboxylic acids is 2. The summed E-state index contributed by atoms with van der Waals surface area (Å²) < 4.78 is 5.55. The molecule has 1 aromatic rings. The van der Waals surface area contributed by atoms with Crippen LogP contribution in [0.4, 0.5) is 0 Å². The molecule has 6 nitrogen and oxygen atoms in total. The van der Waals surface area contributed by atoms with Crippen molar-refractivity contribution in [3.63, 3.8) is 0 Å². The van der Waals surface area contributed by atoms with E-state index in [1.54, 1.807) is 17.0 Å². The third kappa shape index (κ3) is 5.39. The normalized spacial score (nSPS) is 14.8. The van der Waals surface area contributed by atoms with E-state index < -0.39 is 0 Å². The Morgan fingerprint density at radius 1 is 1.08 bits per heavy atom. The van der Waals surface area contributed by atoms with Gasteiger partial charge in [0.25, 0.3) is 0 Å². The Morgan fingerprint density at radius 2 is 1.67 bits per heavy atom. The number of benzene rings is 1. The van der Waals surface area contributed by atoms with E-state index in [9.17, 15) is 9.59 Å². The second kappa shape index (κ2) is 8.89. The minimum absolute atomic E-state index is 0.0433. The van der Waals surface area contributed by atoms with Crippen LogP contribution < -0.4 is 4.74 Å². The summed E-state index contributed by atoms with van der Waals surface area (Å²) in [5.74, 6) is 0.738. The first-order chi connectivity index (χ1) is 11.5. The fourth-order valence-electron chi connectivity index (χ4n) is 2.54. The number of ether oxygens (including phenoxy) is 1. The van der Waals surface area contributed by atoms with Crippen LogP contribution in [0.5, 0.6) is 5.75 Å². The lowest BCUT2D eigenvalue weighted by atomic mass is 10.2. The number of rotatable bonds is 6. The zero-order valence-corrected chi connectivity index (χ0v) is 15.0. The molecule has 0 radical (unpaired) electrons. The van der Waals surface area contributed by atoms with E-state index in [1.165, 1.54) is 0 Å². The molecule has 24 heavy (non-hydrogen) atoms. The van der Waals surface area contributed by atoms with Crippen LogP contribution in [0, 0.1) is 0 Å². The molecule has 7 heteroatoms. The summed E-state index contributed by atoms with van der Waals surface area (Å²) in [6.45, 7) is 3.02. The fraction of sp³-hybridized carbons (Fsp3) is 0.529. The van der Waals surface area contributed by atoms with Crippen LogP contribution in [-0.2, 0) is 9.59 Å². The molecular weight excluding hydrogens is 330 g/mol. The quantitative estimate of drug-likeness (QED) is 0.774. The van der Waals surface area contributed by atoms with Crippen molar-refractivity contribution in [1.29, 1.82) is 0 Å². The van der Waals surface area contributed by atoms with E-state index in [4.69, 9.17) is 16.3 Å². The van der Waals surface area contributed by atoms with E-state index in [0.717, 1.165) is 0 Å². The lowest BCUT2D eigenvalue weighted by Gasteiger charge is -2.35. The fourth-order valence-corrected chi connectivity index (χ4v) is 2.73. The summed E-state index contributed by atoms with van der Waals surface area (Å²) in [6.07, 6.45) is 0.302. The number of piperazine rings is 1. The molecular formula is C17H24ClN3O3. The van der Waals surface area contributed by atoms with Gasteiger partial charge in [-0.15, -0.1) is 0 Å². The first-order valence-electron chi connectivity index (χ1n) is 8.05. The van der Waals surface area contributed by atoms with Crippen LogP contribution in [0.3, 0.4) is 0 Å². The number of hydrogen-bond acceptors (Lipinski definition) is 4. The zero-order valence-electron chi connectivity index (χ0n) is 14.2. The molecule has 1 aromatic carbocycles. The van der Waals surface area contributed by atoms with Gasteiger partial charge in [0.05, 0.1) is 24.6 Å². The molecule has 1 aliphatic heterocycles. The molecule has 0 aromatic heterocycles. The van der Waals surface area contributed by atoms with Gasteiger partial charge in [0.1, 0.15) is 5.75 Å². The standard InChI is InChI=1S/C17H24ClN3O3/c1-19(2)13-17(23)21-10-8-20(9-11-21)16(22)7-12-24-15-6-4-3-5-14(15)18/h3-6H,7-13H2,1-2H3. The van der Waals surface area contributed by atoms with Gasteiger partial charge in [0.2, 0.25) is 11.8 Å². The molecule has 0 N–H and O–H groups in total. The number of likely N-dealkylation sites (N-methyl/N-ethyl adjacent to an activating group) is 1. The van der Waals surface area contributed by atoms with E-state index in [1.807, 2.05) is 36.0 Å².